The van der Waals surface area contributed by atoms with Gasteiger partial charge in [-0.2, -0.15) is 4.98 Å². The summed E-state index contributed by atoms with van der Waals surface area (Å²) >= 11 is 0. The molecule has 1 aliphatic rings. The van der Waals surface area contributed by atoms with Gasteiger partial charge in [0.05, 0.1) is 6.33 Å². The van der Waals surface area contributed by atoms with Gasteiger partial charge < -0.3 is 15.2 Å². The Bertz CT molecular complexity index is 625. The maximum atomic E-state index is 11.7. The van der Waals surface area contributed by atoms with Crippen LogP contribution in [-0.2, 0) is 6.54 Å². The fourth-order valence-electron chi connectivity index (χ4n) is 2.57. The molecule has 7 heteroatoms. The normalized spacial score (nSPS) is 17.1. The topological polar surface area (TPSA) is 92.8 Å². The average molecular weight is 262 g/mol. The minimum Gasteiger partial charge on any atom is -0.369 e. The summed E-state index contributed by atoms with van der Waals surface area (Å²) in [5, 5.41) is 0. The summed E-state index contributed by atoms with van der Waals surface area (Å²) < 4.78 is 1.90. The number of aromatic nitrogens is 4. The summed E-state index contributed by atoms with van der Waals surface area (Å²) in [4.78, 5) is 24.8. The summed E-state index contributed by atoms with van der Waals surface area (Å²) in [6, 6.07) is 0. The van der Waals surface area contributed by atoms with Gasteiger partial charge in [0.15, 0.2) is 11.2 Å². The van der Waals surface area contributed by atoms with E-state index < -0.39 is 0 Å². The summed E-state index contributed by atoms with van der Waals surface area (Å²) in [5.74, 6) is 0.136. The molecule has 0 radical (unpaired) electrons. The standard InChI is InChI=1S/C12H18N6O/c13-12-15-10-9(11(19)16-12)14-8-18(10)7-6-17-4-2-1-3-5-17/h8H,1-7H2,(H3,13,15,16,19). The molecule has 102 valence electrons. The van der Waals surface area contributed by atoms with E-state index in [4.69, 9.17) is 5.73 Å². The predicted octanol–water partition coefficient (Wildman–Crippen LogP) is 0.188. The monoisotopic (exact) mass is 262 g/mol. The second kappa shape index (κ2) is 5.00. The van der Waals surface area contributed by atoms with Crippen LogP contribution >= 0.6 is 0 Å². The number of fused-ring (bicyclic) bond motifs is 1. The molecule has 7 nitrogen and oxygen atoms in total. The first-order valence-corrected chi connectivity index (χ1v) is 6.67. The Kier molecular flexibility index (Phi) is 3.20. The highest BCUT2D eigenvalue weighted by Gasteiger charge is 2.12. The number of imidazole rings is 1. The van der Waals surface area contributed by atoms with Crippen molar-refractivity contribution in [3.63, 3.8) is 0 Å². The highest BCUT2D eigenvalue weighted by atomic mass is 16.1. The third-order valence-electron chi connectivity index (χ3n) is 3.60. The minimum absolute atomic E-state index is 0.136. The number of rotatable bonds is 3. The fraction of sp³-hybridized carbons (Fsp3) is 0.583. The van der Waals surface area contributed by atoms with Gasteiger partial charge in [0.25, 0.3) is 5.56 Å². The highest BCUT2D eigenvalue weighted by Crippen LogP contribution is 2.10. The molecule has 0 spiro atoms. The van der Waals surface area contributed by atoms with Crippen molar-refractivity contribution >= 4 is 17.1 Å². The fourth-order valence-corrected chi connectivity index (χ4v) is 2.57. The second-order valence-electron chi connectivity index (χ2n) is 4.96. The maximum Gasteiger partial charge on any atom is 0.280 e. The van der Waals surface area contributed by atoms with Gasteiger partial charge >= 0.3 is 0 Å². The number of likely N-dealkylation sites (tertiary alicyclic amines) is 1. The summed E-state index contributed by atoms with van der Waals surface area (Å²) in [6.07, 6.45) is 5.54. The number of aromatic amines is 1. The molecule has 0 unspecified atom stereocenters. The summed E-state index contributed by atoms with van der Waals surface area (Å²) in [6.45, 7) is 4.05. The number of nitrogens with zero attached hydrogens (tertiary/aromatic N) is 4. The van der Waals surface area contributed by atoms with E-state index in [2.05, 4.69) is 19.9 Å². The molecule has 0 saturated carbocycles. The van der Waals surface area contributed by atoms with Crippen LogP contribution in [0.4, 0.5) is 5.95 Å². The molecule has 3 N–H and O–H groups in total. The molecular formula is C12H18N6O. The molecule has 1 saturated heterocycles. The molecule has 2 aromatic heterocycles. The van der Waals surface area contributed by atoms with E-state index in [9.17, 15) is 4.79 Å². The van der Waals surface area contributed by atoms with Crippen LogP contribution in [0.2, 0.25) is 0 Å². The number of anilines is 1. The Morgan fingerprint density at radius 2 is 2.05 bits per heavy atom. The van der Waals surface area contributed by atoms with Crippen molar-refractivity contribution in [2.24, 2.45) is 0 Å². The van der Waals surface area contributed by atoms with Crippen molar-refractivity contribution in [2.45, 2.75) is 25.8 Å². The smallest absolute Gasteiger partial charge is 0.280 e. The molecular weight excluding hydrogens is 244 g/mol. The lowest BCUT2D eigenvalue weighted by molar-refractivity contribution is 0.221. The predicted molar refractivity (Wildman–Crippen MR) is 72.9 cm³/mol. The van der Waals surface area contributed by atoms with Crippen molar-refractivity contribution in [1.29, 1.82) is 0 Å². The van der Waals surface area contributed by atoms with E-state index >= 15 is 0 Å². The van der Waals surface area contributed by atoms with Crippen LogP contribution < -0.4 is 11.3 Å². The van der Waals surface area contributed by atoms with Crippen molar-refractivity contribution in [3.05, 3.63) is 16.7 Å². The SMILES string of the molecule is Nc1nc2c(ncn2CCN2CCCCC2)c(=O)[nH]1. The molecule has 0 atom stereocenters. The number of hydrogen-bond acceptors (Lipinski definition) is 5. The van der Waals surface area contributed by atoms with Crippen LogP contribution in [0.15, 0.2) is 11.1 Å². The summed E-state index contributed by atoms with van der Waals surface area (Å²) in [5.41, 5.74) is 6.22. The van der Waals surface area contributed by atoms with Crippen LogP contribution in [0.3, 0.4) is 0 Å². The van der Waals surface area contributed by atoms with E-state index in [-0.39, 0.29) is 11.5 Å². The van der Waals surface area contributed by atoms with Crippen LogP contribution in [0.5, 0.6) is 0 Å². The zero-order valence-electron chi connectivity index (χ0n) is 10.8. The Hall–Kier alpha value is -1.89. The molecule has 3 heterocycles. The molecule has 1 aliphatic heterocycles. The number of hydrogen-bond donors (Lipinski definition) is 2. The molecule has 0 amide bonds. The van der Waals surface area contributed by atoms with Gasteiger partial charge in [0.1, 0.15) is 0 Å². The lowest BCUT2D eigenvalue weighted by Gasteiger charge is -2.26. The van der Waals surface area contributed by atoms with Crippen LogP contribution in [0.1, 0.15) is 19.3 Å². The van der Waals surface area contributed by atoms with Gasteiger partial charge in [0.2, 0.25) is 5.95 Å². The van der Waals surface area contributed by atoms with E-state index in [1.165, 1.54) is 19.3 Å². The van der Waals surface area contributed by atoms with Gasteiger partial charge in [0, 0.05) is 13.1 Å². The summed E-state index contributed by atoms with van der Waals surface area (Å²) in [7, 11) is 0. The first-order valence-electron chi connectivity index (χ1n) is 6.67. The molecule has 0 aromatic carbocycles. The first kappa shape index (κ1) is 12.2. The van der Waals surface area contributed by atoms with Crippen LogP contribution in [0.25, 0.3) is 11.2 Å². The quantitative estimate of drug-likeness (QED) is 0.823. The minimum atomic E-state index is -0.278. The Labute approximate surface area is 110 Å². The first-order chi connectivity index (χ1) is 9.24. The van der Waals surface area contributed by atoms with Gasteiger partial charge in [-0.25, -0.2) is 4.98 Å². The largest absolute Gasteiger partial charge is 0.369 e. The Morgan fingerprint density at radius 1 is 1.26 bits per heavy atom. The molecule has 0 aliphatic carbocycles. The van der Waals surface area contributed by atoms with Crippen molar-refractivity contribution in [1.82, 2.24) is 24.4 Å². The molecule has 19 heavy (non-hydrogen) atoms. The lowest BCUT2D eigenvalue weighted by atomic mass is 10.1. The molecule has 3 rings (SSSR count). The Morgan fingerprint density at radius 3 is 2.84 bits per heavy atom. The Balaban J connectivity index is 1.79. The average Bonchev–Trinajstić information content (AvgIpc) is 2.81. The van der Waals surface area contributed by atoms with Gasteiger partial charge in [-0.1, -0.05) is 6.42 Å². The van der Waals surface area contributed by atoms with Gasteiger partial charge in [-0.05, 0) is 25.9 Å². The number of nitrogens with one attached hydrogen (secondary N) is 1. The number of H-pyrrole nitrogens is 1. The number of nitrogens with two attached hydrogens (primary N) is 1. The van der Waals surface area contributed by atoms with Crippen molar-refractivity contribution in [2.75, 3.05) is 25.4 Å². The third-order valence-corrected chi connectivity index (χ3v) is 3.60. The highest BCUT2D eigenvalue weighted by molar-refractivity contribution is 5.70. The zero-order chi connectivity index (χ0) is 13.2. The molecule has 1 fully saturated rings. The third kappa shape index (κ3) is 2.46. The van der Waals surface area contributed by atoms with Gasteiger partial charge in [-0.15, -0.1) is 0 Å². The van der Waals surface area contributed by atoms with Crippen molar-refractivity contribution in [3.8, 4) is 0 Å². The van der Waals surface area contributed by atoms with Gasteiger partial charge in [-0.3, -0.25) is 9.78 Å². The second-order valence-corrected chi connectivity index (χ2v) is 4.96. The lowest BCUT2D eigenvalue weighted by Crippen LogP contribution is -2.32. The molecule has 2 aromatic rings. The zero-order valence-corrected chi connectivity index (χ0v) is 10.8. The number of nitrogen functional groups attached to an aromatic ring is 1. The molecule has 0 bridgehead atoms. The van der Waals surface area contributed by atoms with Crippen molar-refractivity contribution < 1.29 is 0 Å². The van der Waals surface area contributed by atoms with E-state index in [0.29, 0.717) is 11.2 Å². The van der Waals surface area contributed by atoms with Crippen LogP contribution in [0, 0.1) is 0 Å². The number of piperidine rings is 1. The van der Waals surface area contributed by atoms with E-state index in [1.54, 1.807) is 6.33 Å². The maximum absolute atomic E-state index is 11.7. The van der Waals surface area contributed by atoms with Crippen LogP contribution in [-0.4, -0.2) is 44.1 Å². The van der Waals surface area contributed by atoms with E-state index in [1.807, 2.05) is 4.57 Å². The van der Waals surface area contributed by atoms with E-state index in [0.717, 1.165) is 26.2 Å².